The molecule has 2 aromatic rings. The molecular weight excluding hydrogens is 522 g/mol. The Hall–Kier alpha value is -3.30. The Balaban J connectivity index is 2.06. The van der Waals surface area contributed by atoms with Crippen LogP contribution in [0.25, 0.3) is 10.3 Å². The van der Waals surface area contributed by atoms with Crippen molar-refractivity contribution in [2.75, 3.05) is 12.3 Å². The van der Waals surface area contributed by atoms with Crippen molar-refractivity contribution >= 4 is 45.5 Å². The number of nitrogens with one attached hydrogen (secondary N) is 1. The molecule has 5 atom stereocenters. The van der Waals surface area contributed by atoms with Crippen LogP contribution in [0.5, 0.6) is 0 Å². The third-order valence-corrected chi connectivity index (χ3v) is 6.68. The van der Waals surface area contributed by atoms with Crippen molar-refractivity contribution in [2.24, 2.45) is 11.6 Å². The van der Waals surface area contributed by atoms with Gasteiger partial charge in [-0.1, -0.05) is 39.0 Å². The first-order valence-corrected chi connectivity index (χ1v) is 13.0. The maximum absolute atomic E-state index is 13.0. The van der Waals surface area contributed by atoms with Gasteiger partial charge in [0.15, 0.2) is 24.1 Å². The van der Waals surface area contributed by atoms with Gasteiger partial charge in [-0.2, -0.15) is 4.98 Å². The number of carbonyl (C=O) groups excluding carboxylic acids is 3. The van der Waals surface area contributed by atoms with E-state index in [0.29, 0.717) is 24.2 Å². The molecule has 1 fully saturated rings. The lowest BCUT2D eigenvalue weighted by Gasteiger charge is -2.25. The van der Waals surface area contributed by atoms with Gasteiger partial charge in [-0.25, -0.2) is 0 Å². The quantitative estimate of drug-likeness (QED) is 0.256. The summed E-state index contributed by atoms with van der Waals surface area (Å²) in [4.78, 5) is 68.8. The van der Waals surface area contributed by atoms with Crippen LogP contribution in [0, 0.1) is 5.89 Å². The Morgan fingerprint density at radius 3 is 2.34 bits per heavy atom. The van der Waals surface area contributed by atoms with Crippen LogP contribution in [0.15, 0.2) is 9.59 Å². The van der Waals surface area contributed by atoms with E-state index in [0.717, 1.165) is 4.57 Å². The highest BCUT2D eigenvalue weighted by Gasteiger charge is 2.52. The van der Waals surface area contributed by atoms with Crippen LogP contribution in [-0.4, -0.2) is 63.4 Å². The minimum atomic E-state index is -1.41. The lowest BCUT2D eigenvalue weighted by Crippen LogP contribution is -2.43. The van der Waals surface area contributed by atoms with Crippen LogP contribution >= 0.6 is 11.3 Å². The van der Waals surface area contributed by atoms with Gasteiger partial charge in [0.2, 0.25) is 5.95 Å². The van der Waals surface area contributed by atoms with Crippen molar-refractivity contribution in [3.05, 3.63) is 20.0 Å². The smallest absolute Gasteiger partial charge is 0.323 e. The summed E-state index contributed by atoms with van der Waals surface area (Å²) in [5, 5.41) is 0. The molecule has 15 heteroatoms. The van der Waals surface area contributed by atoms with E-state index in [2.05, 4.69) is 9.97 Å². The van der Waals surface area contributed by atoms with E-state index in [1.165, 1.54) is 13.8 Å². The minimum Gasteiger partial charge on any atom is -0.462 e. The van der Waals surface area contributed by atoms with E-state index < -0.39 is 71.4 Å². The molecule has 2 aromatic heterocycles. The van der Waals surface area contributed by atoms with Gasteiger partial charge in [-0.3, -0.25) is 33.5 Å². The molecule has 0 spiro atoms. The molecule has 0 aromatic carbocycles. The number of rotatable bonds is 11. The van der Waals surface area contributed by atoms with Gasteiger partial charge in [-0.05, 0) is 18.7 Å². The number of carbonyl (C=O) groups is 3. The molecule has 3 heterocycles. The zero-order chi connectivity index (χ0) is 29.1. The highest BCUT2D eigenvalue weighted by atomic mass is 32.1. The van der Waals surface area contributed by atoms with Crippen LogP contribution < -0.4 is 21.9 Å². The Kier molecular flexibility index (Phi) is 9.12. The van der Waals surface area contributed by atoms with Gasteiger partial charge in [0.05, 0.1) is 0 Å². The summed E-state index contributed by atoms with van der Waals surface area (Å²) in [5.41, 5.74) is 10.7. The van der Waals surface area contributed by atoms with Crippen molar-refractivity contribution in [3.8, 4) is 0 Å². The standard InChI is InChI=1S/C23H33N5O9S/c1-5-7-12(29)36-15-11(9-34-21(32)14(24)10(3)4)35-20(16(15)37-13(30)8-6-2)28-18-17(38-23(28)33)19(31)27-22(25)26-18/h10-11,14-16,20H,5-9,24H2,1-4H3,(H3,25,26,27,31)/t11-,14+,15-,16-,20?/m1/s1/i10D. The summed E-state index contributed by atoms with van der Waals surface area (Å²) in [5.74, 6) is -3.80. The van der Waals surface area contributed by atoms with Gasteiger partial charge in [0, 0.05) is 14.2 Å². The van der Waals surface area contributed by atoms with Gasteiger partial charge in [-0.15, -0.1) is 0 Å². The number of ether oxygens (including phenoxy) is 4. The Labute approximate surface area is 223 Å². The van der Waals surface area contributed by atoms with Gasteiger partial charge < -0.3 is 30.4 Å². The molecule has 1 aliphatic rings. The van der Waals surface area contributed by atoms with Crippen LogP contribution in [0.4, 0.5) is 5.95 Å². The van der Waals surface area contributed by atoms with Crippen LogP contribution in [0.1, 0.15) is 61.0 Å². The number of thiazole rings is 1. The fraction of sp³-hybridized carbons (Fsp3) is 0.652. The SMILES string of the molecule is [2H]C(C)(C)[C@H](N)C(=O)OC[C@H]1OC(n2c(=O)sc3c(=O)[nH]c(N)nc32)[C@H](OC(=O)CCC)[C@@H]1OC(=O)CCC. The number of nitrogens with zero attached hydrogens (tertiary/aromatic N) is 2. The summed E-state index contributed by atoms with van der Waals surface area (Å²) in [6, 6.07) is -1.30. The number of nitrogens with two attached hydrogens (primary N) is 2. The number of nitrogen functional groups attached to an aromatic ring is 1. The second-order valence-corrected chi connectivity index (χ2v) is 9.96. The first-order chi connectivity index (χ1) is 18.3. The zero-order valence-corrected chi connectivity index (χ0v) is 22.4. The molecule has 0 aliphatic carbocycles. The molecule has 1 aliphatic heterocycles. The highest BCUT2D eigenvalue weighted by molar-refractivity contribution is 7.16. The van der Waals surface area contributed by atoms with Gasteiger partial charge >= 0.3 is 22.8 Å². The fourth-order valence-electron chi connectivity index (χ4n) is 3.81. The number of aromatic nitrogens is 3. The molecule has 3 rings (SSSR count). The Morgan fingerprint density at radius 2 is 1.76 bits per heavy atom. The number of fused-ring (bicyclic) bond motifs is 1. The third-order valence-electron chi connectivity index (χ3n) is 5.74. The molecule has 38 heavy (non-hydrogen) atoms. The molecule has 0 amide bonds. The molecule has 14 nitrogen and oxygen atoms in total. The maximum Gasteiger partial charge on any atom is 0.323 e. The third kappa shape index (κ3) is 6.39. The first-order valence-electron chi connectivity index (χ1n) is 12.7. The van der Waals surface area contributed by atoms with Crippen molar-refractivity contribution in [1.29, 1.82) is 0 Å². The second-order valence-electron chi connectivity index (χ2n) is 9.00. The predicted molar refractivity (Wildman–Crippen MR) is 136 cm³/mol. The van der Waals surface area contributed by atoms with Gasteiger partial charge in [0.1, 0.15) is 23.5 Å². The number of H-pyrrole nitrogens is 1. The molecule has 0 radical (unpaired) electrons. The predicted octanol–water partition coefficient (Wildman–Crippen LogP) is 0.576. The lowest BCUT2D eigenvalue weighted by molar-refractivity contribution is -0.169. The first kappa shape index (κ1) is 27.7. The van der Waals surface area contributed by atoms with Crippen molar-refractivity contribution in [1.82, 2.24) is 14.5 Å². The molecule has 0 bridgehead atoms. The molecular formula is C23H33N5O9S. The molecule has 210 valence electrons. The Morgan fingerprint density at radius 1 is 1.16 bits per heavy atom. The summed E-state index contributed by atoms with van der Waals surface area (Å²) < 4.78 is 31.5. The Bertz CT molecular complexity index is 1330. The van der Waals surface area contributed by atoms with Crippen LogP contribution in [0.2, 0.25) is 0 Å². The van der Waals surface area contributed by atoms with Crippen molar-refractivity contribution in [2.45, 2.75) is 84.0 Å². The number of anilines is 1. The van der Waals surface area contributed by atoms with Crippen LogP contribution in [0.3, 0.4) is 0 Å². The average molecular weight is 557 g/mol. The number of hydrogen-bond acceptors (Lipinski definition) is 13. The fourth-order valence-corrected chi connectivity index (χ4v) is 4.65. The highest BCUT2D eigenvalue weighted by Crippen LogP contribution is 2.36. The van der Waals surface area contributed by atoms with E-state index >= 15 is 0 Å². The van der Waals surface area contributed by atoms with E-state index in [1.54, 1.807) is 13.8 Å². The van der Waals surface area contributed by atoms with Crippen molar-refractivity contribution in [3.63, 3.8) is 0 Å². The number of aromatic amines is 1. The molecule has 0 saturated carbocycles. The van der Waals surface area contributed by atoms with E-state index in [4.69, 9.17) is 31.8 Å². The topological polar surface area (TPSA) is 208 Å². The van der Waals surface area contributed by atoms with E-state index in [1.807, 2.05) is 0 Å². The average Bonchev–Trinajstić information content (AvgIpc) is 3.33. The largest absolute Gasteiger partial charge is 0.462 e. The molecule has 1 saturated heterocycles. The molecule has 1 unspecified atom stereocenters. The number of esters is 3. The molecule has 5 N–H and O–H groups in total. The summed E-state index contributed by atoms with van der Waals surface area (Å²) in [6.07, 6.45) is -4.31. The van der Waals surface area contributed by atoms with Crippen LogP contribution in [-0.2, 0) is 33.3 Å². The zero-order valence-electron chi connectivity index (χ0n) is 22.6. The summed E-state index contributed by atoms with van der Waals surface area (Å²) in [6.45, 7) is 5.90. The lowest BCUT2D eigenvalue weighted by atomic mass is 10.1. The second kappa shape index (κ2) is 12.5. The summed E-state index contributed by atoms with van der Waals surface area (Å²) in [7, 11) is 0. The normalized spacial score (nSPS) is 22.6. The summed E-state index contributed by atoms with van der Waals surface area (Å²) >= 11 is 0.576. The van der Waals surface area contributed by atoms with Crippen molar-refractivity contribution < 1.29 is 34.7 Å². The van der Waals surface area contributed by atoms with E-state index in [-0.39, 0.29) is 29.1 Å². The van der Waals surface area contributed by atoms with Gasteiger partial charge in [0.25, 0.3) is 5.56 Å². The maximum atomic E-state index is 13.0. The van der Waals surface area contributed by atoms with E-state index in [9.17, 15) is 24.0 Å². The monoisotopic (exact) mass is 556 g/mol. The number of hydrogen-bond donors (Lipinski definition) is 3. The minimum absolute atomic E-state index is 0.0239.